The van der Waals surface area contributed by atoms with Gasteiger partial charge in [0, 0.05) is 6.54 Å². The Hall–Kier alpha value is -0.530. The molecule has 0 spiro atoms. The quantitative estimate of drug-likeness (QED) is 0.222. The lowest BCUT2D eigenvalue weighted by Gasteiger charge is -1.86. The molecule has 1 radical (unpaired) electrons. The Morgan fingerprint density at radius 3 is 2.67 bits per heavy atom. The van der Waals surface area contributed by atoms with Gasteiger partial charge in [0.15, 0.2) is 6.34 Å². The summed E-state index contributed by atoms with van der Waals surface area (Å²) in [6.07, 6.45) is 3.13. The van der Waals surface area contributed by atoms with Crippen LogP contribution in [0.25, 0.3) is 0 Å². The Morgan fingerprint density at radius 2 is 2.50 bits per heavy atom. The normalized spacial score (nSPS) is 7.50. The van der Waals surface area contributed by atoms with Crippen molar-refractivity contribution in [1.29, 1.82) is 5.41 Å². The Bertz CT molecular complexity index is 34.5. The van der Waals surface area contributed by atoms with Crippen molar-refractivity contribution in [2.75, 3.05) is 6.54 Å². The summed E-state index contributed by atoms with van der Waals surface area (Å²) in [5, 5.41) is 8.96. The molecule has 0 rings (SSSR count). The van der Waals surface area contributed by atoms with Gasteiger partial charge in [-0.1, -0.05) is 6.92 Å². The van der Waals surface area contributed by atoms with Crippen molar-refractivity contribution in [3.63, 3.8) is 0 Å². The SMILES string of the molecule is CCCN[C]=N. The first-order valence-electron chi connectivity index (χ1n) is 2.06. The highest BCUT2D eigenvalue weighted by atomic mass is 14.9. The van der Waals surface area contributed by atoms with Gasteiger partial charge >= 0.3 is 0 Å². The molecule has 0 aromatic heterocycles. The van der Waals surface area contributed by atoms with Gasteiger partial charge in [-0.3, -0.25) is 5.41 Å². The first-order chi connectivity index (χ1) is 2.91. The van der Waals surface area contributed by atoms with Crippen molar-refractivity contribution in [2.45, 2.75) is 13.3 Å². The number of hydrogen-bond donors (Lipinski definition) is 2. The monoisotopic (exact) mass is 85.1 g/mol. The summed E-state index contributed by atoms with van der Waals surface area (Å²) in [6.45, 7) is 2.91. The van der Waals surface area contributed by atoms with E-state index >= 15 is 0 Å². The lowest BCUT2D eigenvalue weighted by molar-refractivity contribution is 0.848. The molecule has 6 heavy (non-hydrogen) atoms. The highest BCUT2D eigenvalue weighted by Gasteiger charge is 1.68. The van der Waals surface area contributed by atoms with Crippen LogP contribution in [-0.4, -0.2) is 12.9 Å². The molecule has 0 aliphatic rings. The highest BCUT2D eigenvalue weighted by molar-refractivity contribution is 5.49. The van der Waals surface area contributed by atoms with Crippen LogP contribution in [0.1, 0.15) is 13.3 Å². The topological polar surface area (TPSA) is 35.9 Å². The summed E-state index contributed by atoms with van der Waals surface area (Å²) in [4.78, 5) is 0. The number of nitrogens with one attached hydrogen (secondary N) is 2. The van der Waals surface area contributed by atoms with Crippen LogP contribution in [0.15, 0.2) is 0 Å². The van der Waals surface area contributed by atoms with Crippen LogP contribution in [0.2, 0.25) is 0 Å². The molecule has 0 aromatic carbocycles. The zero-order chi connectivity index (χ0) is 4.83. The Balaban J connectivity index is 2.49. The van der Waals surface area contributed by atoms with Crippen LogP contribution >= 0.6 is 0 Å². The van der Waals surface area contributed by atoms with E-state index in [9.17, 15) is 0 Å². The van der Waals surface area contributed by atoms with E-state index in [2.05, 4.69) is 11.7 Å². The van der Waals surface area contributed by atoms with Gasteiger partial charge < -0.3 is 5.32 Å². The van der Waals surface area contributed by atoms with E-state index in [0.717, 1.165) is 13.0 Å². The van der Waals surface area contributed by atoms with E-state index in [1.54, 1.807) is 0 Å². The second kappa shape index (κ2) is 4.47. The van der Waals surface area contributed by atoms with Crippen molar-refractivity contribution < 1.29 is 0 Å². The van der Waals surface area contributed by atoms with E-state index in [-0.39, 0.29) is 0 Å². The number of hydrogen-bond acceptors (Lipinski definition) is 1. The minimum Gasteiger partial charge on any atom is -0.368 e. The van der Waals surface area contributed by atoms with Crippen molar-refractivity contribution in [2.24, 2.45) is 0 Å². The van der Waals surface area contributed by atoms with Gasteiger partial charge in [-0.15, -0.1) is 0 Å². The van der Waals surface area contributed by atoms with Gasteiger partial charge in [0.25, 0.3) is 0 Å². The first-order valence-corrected chi connectivity index (χ1v) is 2.06. The Kier molecular flexibility index (Phi) is 4.08. The van der Waals surface area contributed by atoms with Crippen LogP contribution in [0, 0.1) is 5.41 Å². The summed E-state index contributed by atoms with van der Waals surface area (Å²) in [5.41, 5.74) is 0. The maximum atomic E-state index is 6.34. The van der Waals surface area contributed by atoms with E-state index in [0.29, 0.717) is 0 Å². The van der Waals surface area contributed by atoms with Gasteiger partial charge in [0.1, 0.15) is 0 Å². The van der Waals surface area contributed by atoms with Crippen LogP contribution < -0.4 is 5.32 Å². The summed E-state index contributed by atoms with van der Waals surface area (Å²) in [6, 6.07) is 0. The van der Waals surface area contributed by atoms with Gasteiger partial charge in [0.05, 0.1) is 0 Å². The lowest BCUT2D eigenvalue weighted by Crippen LogP contribution is -2.09. The molecule has 0 atom stereocenters. The van der Waals surface area contributed by atoms with Gasteiger partial charge in [-0.05, 0) is 6.42 Å². The fourth-order valence-electron chi connectivity index (χ4n) is 0.187. The molecule has 2 N–H and O–H groups in total. The fraction of sp³-hybridized carbons (Fsp3) is 0.750. The maximum Gasteiger partial charge on any atom is 0.161 e. The minimum absolute atomic E-state index is 0.865. The summed E-state index contributed by atoms with van der Waals surface area (Å²) >= 11 is 0. The van der Waals surface area contributed by atoms with Crippen molar-refractivity contribution in [1.82, 2.24) is 5.32 Å². The predicted molar refractivity (Wildman–Crippen MR) is 26.0 cm³/mol. The molecule has 0 unspecified atom stereocenters. The number of rotatable bonds is 3. The third-order valence-corrected chi connectivity index (χ3v) is 0.463. The maximum absolute atomic E-state index is 6.34. The summed E-state index contributed by atoms with van der Waals surface area (Å²) < 4.78 is 0. The zero-order valence-electron chi connectivity index (χ0n) is 3.91. The average Bonchev–Trinajstić information content (AvgIpc) is 1.61. The minimum atomic E-state index is 0.865. The van der Waals surface area contributed by atoms with Crippen molar-refractivity contribution >= 4 is 6.34 Å². The van der Waals surface area contributed by atoms with Crippen molar-refractivity contribution in [3.05, 3.63) is 0 Å². The fourth-order valence-corrected chi connectivity index (χ4v) is 0.187. The van der Waals surface area contributed by atoms with Gasteiger partial charge in [-0.25, -0.2) is 0 Å². The molecule has 0 aromatic rings. The Labute approximate surface area is 38.1 Å². The molecule has 0 aliphatic heterocycles. The van der Waals surface area contributed by atoms with Gasteiger partial charge in [-0.2, -0.15) is 0 Å². The first kappa shape index (κ1) is 5.47. The van der Waals surface area contributed by atoms with E-state index in [1.165, 1.54) is 0 Å². The van der Waals surface area contributed by atoms with E-state index in [1.807, 2.05) is 6.92 Å². The molecule has 0 fully saturated rings. The lowest BCUT2D eigenvalue weighted by atomic mass is 10.5. The van der Waals surface area contributed by atoms with Crippen LogP contribution in [-0.2, 0) is 0 Å². The molecular weight excluding hydrogens is 76.1 g/mol. The van der Waals surface area contributed by atoms with Crippen LogP contribution in [0.3, 0.4) is 0 Å². The van der Waals surface area contributed by atoms with Crippen LogP contribution in [0.4, 0.5) is 0 Å². The van der Waals surface area contributed by atoms with Crippen molar-refractivity contribution in [3.8, 4) is 0 Å². The molecule has 0 bridgehead atoms. The molecule has 0 aliphatic carbocycles. The molecule has 2 nitrogen and oxygen atoms in total. The molecule has 0 heterocycles. The van der Waals surface area contributed by atoms with E-state index < -0.39 is 0 Å². The third-order valence-electron chi connectivity index (χ3n) is 0.463. The molecule has 2 heteroatoms. The zero-order valence-corrected chi connectivity index (χ0v) is 3.91. The summed E-state index contributed by atoms with van der Waals surface area (Å²) in [7, 11) is 0. The molecule has 35 valence electrons. The predicted octanol–water partition coefficient (Wildman–Crippen LogP) is 0.470. The second-order valence-electron chi connectivity index (χ2n) is 1.05. The largest absolute Gasteiger partial charge is 0.368 e. The molecule has 0 saturated carbocycles. The molecular formula is C4H9N2. The second-order valence-corrected chi connectivity index (χ2v) is 1.05. The molecule has 0 saturated heterocycles. The summed E-state index contributed by atoms with van der Waals surface area (Å²) in [5.74, 6) is 0. The molecule has 0 amide bonds. The average molecular weight is 85.1 g/mol. The van der Waals surface area contributed by atoms with Gasteiger partial charge in [0.2, 0.25) is 0 Å². The van der Waals surface area contributed by atoms with Crippen LogP contribution in [0.5, 0.6) is 0 Å². The Morgan fingerprint density at radius 1 is 1.83 bits per heavy atom. The third kappa shape index (κ3) is 3.47. The highest BCUT2D eigenvalue weighted by Crippen LogP contribution is 1.63. The standard InChI is InChI=1S/C4H9N2/c1-2-3-6-4-5/h2-3H2,1H3,(H2,5,6). The van der Waals surface area contributed by atoms with E-state index in [4.69, 9.17) is 5.41 Å². The smallest absolute Gasteiger partial charge is 0.161 e.